The number of hydrogen-bond donors (Lipinski definition) is 0. The van der Waals surface area contributed by atoms with Crippen LogP contribution in [0.5, 0.6) is 0 Å². The van der Waals surface area contributed by atoms with E-state index in [-0.39, 0.29) is 22.9 Å². The van der Waals surface area contributed by atoms with Crippen LogP contribution in [0, 0.1) is 5.92 Å². The van der Waals surface area contributed by atoms with Gasteiger partial charge in [0.25, 0.3) is 5.56 Å². The Labute approximate surface area is 197 Å². The molecule has 2 aromatic rings. The highest BCUT2D eigenvalue weighted by Gasteiger charge is 2.36. The van der Waals surface area contributed by atoms with Crippen molar-refractivity contribution in [2.75, 3.05) is 32.8 Å². The van der Waals surface area contributed by atoms with Crippen molar-refractivity contribution in [2.45, 2.75) is 64.5 Å². The molecule has 0 radical (unpaired) electrons. The maximum Gasteiger partial charge on any atom is 0.255 e. The molecule has 1 aromatic heterocycles. The quantitative estimate of drug-likeness (QED) is 0.637. The molecular formula is C27H39N3O3. The van der Waals surface area contributed by atoms with Gasteiger partial charge in [-0.25, -0.2) is 0 Å². The van der Waals surface area contributed by atoms with E-state index in [1.54, 1.807) is 4.57 Å². The monoisotopic (exact) mass is 453 g/mol. The van der Waals surface area contributed by atoms with Gasteiger partial charge in [-0.2, -0.15) is 0 Å². The van der Waals surface area contributed by atoms with Crippen LogP contribution < -0.4 is 5.56 Å². The first-order chi connectivity index (χ1) is 15.9. The van der Waals surface area contributed by atoms with Crippen LogP contribution >= 0.6 is 0 Å². The number of hydrogen-bond acceptors (Lipinski definition) is 4. The summed E-state index contributed by atoms with van der Waals surface area (Å²) in [5.41, 5.74) is 1.26. The summed E-state index contributed by atoms with van der Waals surface area (Å²) in [6.07, 6.45) is 6.26. The summed E-state index contributed by atoms with van der Waals surface area (Å²) >= 11 is 0. The second kappa shape index (κ2) is 10.4. The second-order valence-corrected chi connectivity index (χ2v) is 10.4. The van der Waals surface area contributed by atoms with Gasteiger partial charge in [-0.1, -0.05) is 37.5 Å². The van der Waals surface area contributed by atoms with Crippen LogP contribution in [-0.4, -0.2) is 58.7 Å². The van der Waals surface area contributed by atoms with E-state index in [0.29, 0.717) is 12.1 Å². The molecule has 6 heteroatoms. The van der Waals surface area contributed by atoms with E-state index in [0.717, 1.165) is 75.9 Å². The van der Waals surface area contributed by atoms with Crippen molar-refractivity contribution >= 4 is 16.8 Å². The first kappa shape index (κ1) is 24.0. The Kier molecular flexibility index (Phi) is 7.55. The molecule has 1 saturated carbocycles. The van der Waals surface area contributed by atoms with E-state index in [2.05, 4.69) is 18.7 Å². The number of aromatic nitrogens is 1. The first-order valence-electron chi connectivity index (χ1n) is 12.6. The standard InChI is InChI=1S/C27H39N3O3/c1-27(2,13-14-29-15-17-33-18-16-29)30(26(32)21-9-5-4-6-10-21)20-23-19-22-11-7-8-12-24(22)28(3)25(23)31/h7-8,11-12,19,21H,4-6,9-10,13-18,20H2,1-3H3. The van der Waals surface area contributed by atoms with Crippen LogP contribution in [0.15, 0.2) is 35.1 Å². The Morgan fingerprint density at radius 2 is 1.82 bits per heavy atom. The van der Waals surface area contributed by atoms with Crippen molar-refractivity contribution in [3.05, 3.63) is 46.2 Å². The molecule has 0 bridgehead atoms. The SMILES string of the molecule is Cn1c(=O)c(CN(C(=O)C2CCCCC2)C(C)(C)CCN2CCOCC2)cc2ccccc21. The van der Waals surface area contributed by atoms with Gasteiger partial charge in [0.15, 0.2) is 0 Å². The summed E-state index contributed by atoms with van der Waals surface area (Å²) in [5.74, 6) is 0.294. The molecule has 0 N–H and O–H groups in total. The summed E-state index contributed by atoms with van der Waals surface area (Å²) < 4.78 is 7.21. The maximum absolute atomic E-state index is 13.8. The zero-order chi connectivity index (χ0) is 23.4. The van der Waals surface area contributed by atoms with Crippen LogP contribution in [0.25, 0.3) is 10.9 Å². The van der Waals surface area contributed by atoms with Gasteiger partial charge in [0.1, 0.15) is 0 Å². The summed E-state index contributed by atoms with van der Waals surface area (Å²) in [5, 5.41) is 1.03. The molecule has 1 aliphatic carbocycles. The van der Waals surface area contributed by atoms with Gasteiger partial charge >= 0.3 is 0 Å². The van der Waals surface area contributed by atoms with E-state index in [1.165, 1.54) is 6.42 Å². The highest BCUT2D eigenvalue weighted by Crippen LogP contribution is 2.31. The topological polar surface area (TPSA) is 54.8 Å². The number of carbonyl (C=O) groups is 1. The molecule has 33 heavy (non-hydrogen) atoms. The molecule has 180 valence electrons. The number of carbonyl (C=O) groups excluding carboxylic acids is 1. The van der Waals surface area contributed by atoms with Crippen molar-refractivity contribution in [2.24, 2.45) is 13.0 Å². The lowest BCUT2D eigenvalue weighted by atomic mass is 9.86. The average Bonchev–Trinajstić information content (AvgIpc) is 2.85. The van der Waals surface area contributed by atoms with Crippen LogP contribution in [0.4, 0.5) is 0 Å². The van der Waals surface area contributed by atoms with Gasteiger partial charge in [-0.05, 0) is 50.6 Å². The van der Waals surface area contributed by atoms with E-state index < -0.39 is 0 Å². The van der Waals surface area contributed by atoms with E-state index in [1.807, 2.05) is 42.3 Å². The highest BCUT2D eigenvalue weighted by atomic mass is 16.5. The normalized spacial score (nSPS) is 18.5. The lowest BCUT2D eigenvalue weighted by molar-refractivity contribution is -0.143. The minimum Gasteiger partial charge on any atom is -0.379 e. The Hall–Kier alpha value is -2.18. The van der Waals surface area contributed by atoms with E-state index in [4.69, 9.17) is 4.74 Å². The summed E-state index contributed by atoms with van der Waals surface area (Å²) in [6, 6.07) is 9.94. The number of aryl methyl sites for hydroxylation is 1. The average molecular weight is 454 g/mol. The number of ether oxygens (including phenoxy) is 1. The minimum absolute atomic E-state index is 0.0147. The van der Waals surface area contributed by atoms with Crippen molar-refractivity contribution in [3.63, 3.8) is 0 Å². The predicted molar refractivity (Wildman–Crippen MR) is 132 cm³/mol. The van der Waals surface area contributed by atoms with Gasteiger partial charge in [0.2, 0.25) is 5.91 Å². The molecule has 0 unspecified atom stereocenters. The summed E-state index contributed by atoms with van der Waals surface area (Å²) in [6.45, 7) is 9.06. The minimum atomic E-state index is -0.344. The Bertz CT molecular complexity index is 1020. The van der Waals surface area contributed by atoms with E-state index >= 15 is 0 Å². The Morgan fingerprint density at radius 1 is 1.12 bits per heavy atom. The van der Waals surface area contributed by atoms with Gasteiger partial charge in [0, 0.05) is 43.7 Å². The van der Waals surface area contributed by atoms with Crippen LogP contribution in [0.2, 0.25) is 0 Å². The van der Waals surface area contributed by atoms with Crippen LogP contribution in [-0.2, 0) is 23.1 Å². The molecule has 1 aliphatic heterocycles. The number of morpholine rings is 1. The smallest absolute Gasteiger partial charge is 0.255 e. The number of rotatable bonds is 7. The molecule has 2 heterocycles. The second-order valence-electron chi connectivity index (χ2n) is 10.4. The van der Waals surface area contributed by atoms with Gasteiger partial charge in [-0.15, -0.1) is 0 Å². The van der Waals surface area contributed by atoms with Crippen molar-refractivity contribution in [1.29, 1.82) is 0 Å². The number of benzene rings is 1. The molecule has 4 rings (SSSR count). The zero-order valence-electron chi connectivity index (χ0n) is 20.5. The van der Waals surface area contributed by atoms with Crippen LogP contribution in [0.1, 0.15) is 57.9 Å². The Balaban J connectivity index is 1.62. The zero-order valence-corrected chi connectivity index (χ0v) is 20.5. The van der Waals surface area contributed by atoms with E-state index in [9.17, 15) is 9.59 Å². The lowest BCUT2D eigenvalue weighted by Crippen LogP contribution is -2.52. The predicted octanol–water partition coefficient (Wildman–Crippen LogP) is 3.95. The summed E-state index contributed by atoms with van der Waals surface area (Å²) in [7, 11) is 1.82. The lowest BCUT2D eigenvalue weighted by Gasteiger charge is -2.42. The molecule has 2 aliphatic rings. The fraction of sp³-hybridized carbons (Fsp3) is 0.630. The van der Waals surface area contributed by atoms with Crippen molar-refractivity contribution in [1.82, 2.24) is 14.4 Å². The molecule has 6 nitrogen and oxygen atoms in total. The number of nitrogens with zero attached hydrogens (tertiary/aromatic N) is 3. The third kappa shape index (κ3) is 5.49. The highest BCUT2D eigenvalue weighted by molar-refractivity contribution is 5.81. The van der Waals surface area contributed by atoms with Gasteiger partial charge < -0.3 is 14.2 Å². The molecule has 0 atom stereocenters. The number of amides is 1. The maximum atomic E-state index is 13.8. The van der Waals surface area contributed by atoms with Crippen LogP contribution in [0.3, 0.4) is 0 Å². The molecule has 1 amide bonds. The fourth-order valence-corrected chi connectivity index (χ4v) is 5.32. The molecule has 0 spiro atoms. The molecule has 2 fully saturated rings. The van der Waals surface area contributed by atoms with Gasteiger partial charge in [0.05, 0.1) is 25.3 Å². The van der Waals surface area contributed by atoms with Crippen molar-refractivity contribution < 1.29 is 9.53 Å². The van der Waals surface area contributed by atoms with Crippen molar-refractivity contribution in [3.8, 4) is 0 Å². The number of para-hydroxylation sites is 1. The Morgan fingerprint density at radius 3 is 2.55 bits per heavy atom. The summed E-state index contributed by atoms with van der Waals surface area (Å²) in [4.78, 5) is 31.5. The van der Waals surface area contributed by atoms with Gasteiger partial charge in [-0.3, -0.25) is 14.5 Å². The molecule has 1 aromatic carbocycles. The largest absolute Gasteiger partial charge is 0.379 e. The number of pyridine rings is 1. The first-order valence-corrected chi connectivity index (χ1v) is 12.6. The fourth-order valence-electron chi connectivity index (χ4n) is 5.32. The third-order valence-corrected chi connectivity index (χ3v) is 7.63. The third-order valence-electron chi connectivity index (χ3n) is 7.63. The number of fused-ring (bicyclic) bond motifs is 1. The molecule has 1 saturated heterocycles. The molecular weight excluding hydrogens is 414 g/mol.